The maximum Gasteiger partial charge on any atom is 0.262 e. The highest BCUT2D eigenvalue weighted by Gasteiger charge is 2.39. The third kappa shape index (κ3) is 3.62. The molecule has 0 spiro atoms. The Labute approximate surface area is 189 Å². The number of hydrogen-bond acceptors (Lipinski definition) is 6. The molecular weight excluding hydrogens is 444 g/mol. The van der Waals surface area contributed by atoms with E-state index in [1.807, 2.05) is 6.92 Å². The minimum atomic E-state index is -3.93. The highest BCUT2D eigenvalue weighted by Crippen LogP contribution is 2.31. The van der Waals surface area contributed by atoms with Crippen LogP contribution in [-0.4, -0.2) is 42.1 Å². The molecule has 2 aliphatic rings. The van der Waals surface area contributed by atoms with Gasteiger partial charge in [0.1, 0.15) is 6.04 Å². The zero-order valence-electron chi connectivity index (χ0n) is 17.7. The first-order valence-corrected chi connectivity index (χ1v) is 11.9. The Hall–Kier alpha value is -3.79. The van der Waals surface area contributed by atoms with E-state index < -0.39 is 22.0 Å². The van der Waals surface area contributed by atoms with E-state index in [1.54, 1.807) is 42.6 Å². The molecule has 2 aromatic carbocycles. The Balaban J connectivity index is 1.43. The predicted octanol–water partition coefficient (Wildman–Crippen LogP) is 2.11. The molecule has 1 saturated heterocycles. The number of amides is 3. The second kappa shape index (κ2) is 7.66. The van der Waals surface area contributed by atoms with E-state index in [2.05, 4.69) is 15.0 Å². The highest BCUT2D eigenvalue weighted by atomic mass is 32.2. The van der Waals surface area contributed by atoms with Crippen molar-refractivity contribution in [2.75, 3.05) is 4.72 Å². The molecule has 33 heavy (non-hydrogen) atoms. The lowest BCUT2D eigenvalue weighted by molar-refractivity contribution is -0.136. The molecule has 2 N–H and O–H groups in total. The quantitative estimate of drug-likeness (QED) is 0.570. The summed E-state index contributed by atoms with van der Waals surface area (Å²) in [7, 11) is -3.93. The Morgan fingerprint density at radius 1 is 1.12 bits per heavy atom. The molecule has 168 valence electrons. The van der Waals surface area contributed by atoms with Crippen molar-refractivity contribution >= 4 is 44.3 Å². The first-order chi connectivity index (χ1) is 15.7. The minimum Gasteiger partial charge on any atom is -0.322 e. The molecule has 10 heteroatoms. The molecule has 0 aliphatic carbocycles. The molecule has 1 aromatic heterocycles. The summed E-state index contributed by atoms with van der Waals surface area (Å²) in [6.45, 7) is 2.03. The summed E-state index contributed by atoms with van der Waals surface area (Å²) >= 11 is 0. The SMILES string of the molecule is Cc1ccc(S(=O)(=O)Nc2ccc3c(c2)CN(C2CCC(=O)NC2=O)C3=O)c2cccnc12. The number of anilines is 1. The van der Waals surface area contributed by atoms with Gasteiger partial charge in [-0.2, -0.15) is 0 Å². The Morgan fingerprint density at radius 3 is 2.73 bits per heavy atom. The van der Waals surface area contributed by atoms with Crippen LogP contribution in [0.15, 0.2) is 53.6 Å². The molecule has 0 radical (unpaired) electrons. The summed E-state index contributed by atoms with van der Waals surface area (Å²) in [5, 5.41) is 2.78. The monoisotopic (exact) mass is 464 g/mol. The van der Waals surface area contributed by atoms with Crippen molar-refractivity contribution in [2.45, 2.75) is 37.2 Å². The average Bonchev–Trinajstić information content (AvgIpc) is 3.09. The van der Waals surface area contributed by atoms with Crippen molar-refractivity contribution in [2.24, 2.45) is 0 Å². The number of carbonyl (C=O) groups excluding carboxylic acids is 3. The van der Waals surface area contributed by atoms with Gasteiger partial charge in [0, 0.05) is 35.8 Å². The number of fused-ring (bicyclic) bond motifs is 2. The number of sulfonamides is 1. The summed E-state index contributed by atoms with van der Waals surface area (Å²) in [5.41, 5.74) is 2.81. The van der Waals surface area contributed by atoms with E-state index in [0.29, 0.717) is 27.7 Å². The number of imide groups is 1. The third-order valence-corrected chi connectivity index (χ3v) is 7.44. The highest BCUT2D eigenvalue weighted by molar-refractivity contribution is 7.93. The standard InChI is InChI=1S/C23H20N4O5S/c1-13-4-8-19(17-3-2-10-24-21(13)17)33(31,32)26-15-5-6-16-14(11-15)12-27(23(16)30)18-7-9-20(28)25-22(18)29/h2-6,8,10-11,18,26H,7,9,12H2,1H3,(H,25,28,29). The fourth-order valence-electron chi connectivity index (χ4n) is 4.37. The molecular formula is C23H20N4O5S. The average molecular weight is 465 g/mol. The van der Waals surface area contributed by atoms with Gasteiger partial charge in [0.25, 0.3) is 15.9 Å². The fraction of sp³-hybridized carbons (Fsp3) is 0.217. The molecule has 3 heterocycles. The van der Waals surface area contributed by atoms with Crippen LogP contribution in [0.4, 0.5) is 5.69 Å². The molecule has 3 amide bonds. The summed E-state index contributed by atoms with van der Waals surface area (Å²) < 4.78 is 28.9. The molecule has 5 rings (SSSR count). The number of aromatic nitrogens is 1. The van der Waals surface area contributed by atoms with Crippen molar-refractivity contribution in [3.8, 4) is 0 Å². The molecule has 9 nitrogen and oxygen atoms in total. The second-order valence-electron chi connectivity index (χ2n) is 8.16. The van der Waals surface area contributed by atoms with Gasteiger partial charge in [0.05, 0.1) is 10.4 Å². The lowest BCUT2D eigenvalue weighted by Crippen LogP contribution is -2.52. The molecule has 0 saturated carbocycles. The molecule has 0 bridgehead atoms. The van der Waals surface area contributed by atoms with Crippen LogP contribution in [0.3, 0.4) is 0 Å². The smallest absolute Gasteiger partial charge is 0.262 e. The van der Waals surface area contributed by atoms with Gasteiger partial charge in [0.15, 0.2) is 0 Å². The van der Waals surface area contributed by atoms with Gasteiger partial charge < -0.3 is 4.90 Å². The van der Waals surface area contributed by atoms with Gasteiger partial charge >= 0.3 is 0 Å². The number of nitrogens with zero attached hydrogens (tertiary/aromatic N) is 2. The van der Waals surface area contributed by atoms with E-state index in [4.69, 9.17) is 0 Å². The van der Waals surface area contributed by atoms with Gasteiger partial charge in [-0.3, -0.25) is 29.4 Å². The molecule has 2 aliphatic heterocycles. The molecule has 1 fully saturated rings. The van der Waals surface area contributed by atoms with Gasteiger partial charge in [-0.05, 0) is 60.9 Å². The van der Waals surface area contributed by atoms with E-state index in [1.165, 1.54) is 11.0 Å². The van der Waals surface area contributed by atoms with Crippen LogP contribution < -0.4 is 10.0 Å². The first-order valence-electron chi connectivity index (χ1n) is 10.4. The summed E-state index contributed by atoms with van der Waals surface area (Å²) in [5.74, 6) is -1.16. The normalized spacial score (nSPS) is 18.4. The maximum absolute atomic E-state index is 13.2. The zero-order valence-corrected chi connectivity index (χ0v) is 18.5. The van der Waals surface area contributed by atoms with Gasteiger partial charge in [-0.1, -0.05) is 6.07 Å². The molecule has 3 aromatic rings. The number of piperidine rings is 1. The van der Waals surface area contributed by atoms with E-state index in [0.717, 1.165) is 5.56 Å². The third-order valence-electron chi connectivity index (χ3n) is 6.00. The van der Waals surface area contributed by atoms with Crippen LogP contribution in [0, 0.1) is 6.92 Å². The van der Waals surface area contributed by atoms with Crippen LogP contribution in [0.25, 0.3) is 10.9 Å². The van der Waals surface area contributed by atoms with Gasteiger partial charge in [0.2, 0.25) is 11.8 Å². The van der Waals surface area contributed by atoms with Crippen molar-refractivity contribution < 1.29 is 22.8 Å². The molecule has 1 unspecified atom stereocenters. The van der Waals surface area contributed by atoms with Crippen molar-refractivity contribution in [1.29, 1.82) is 0 Å². The van der Waals surface area contributed by atoms with Crippen LogP contribution in [0.2, 0.25) is 0 Å². The van der Waals surface area contributed by atoms with Crippen molar-refractivity contribution in [3.05, 3.63) is 65.4 Å². The first kappa shape index (κ1) is 21.1. The summed E-state index contributed by atoms with van der Waals surface area (Å²) in [4.78, 5) is 42.3. The van der Waals surface area contributed by atoms with Crippen molar-refractivity contribution in [3.63, 3.8) is 0 Å². The van der Waals surface area contributed by atoms with Gasteiger partial charge in [-0.15, -0.1) is 0 Å². The van der Waals surface area contributed by atoms with Crippen LogP contribution in [0.1, 0.15) is 34.3 Å². The fourth-order valence-corrected chi connectivity index (χ4v) is 5.62. The lowest BCUT2D eigenvalue weighted by atomic mass is 10.0. The zero-order chi connectivity index (χ0) is 23.3. The number of benzene rings is 2. The van der Waals surface area contributed by atoms with Crippen LogP contribution >= 0.6 is 0 Å². The number of rotatable bonds is 4. The maximum atomic E-state index is 13.2. The number of nitrogens with one attached hydrogen (secondary N) is 2. The largest absolute Gasteiger partial charge is 0.322 e. The van der Waals surface area contributed by atoms with Crippen molar-refractivity contribution in [1.82, 2.24) is 15.2 Å². The molecule has 1 atom stereocenters. The van der Waals surface area contributed by atoms with E-state index >= 15 is 0 Å². The van der Waals surface area contributed by atoms with E-state index in [-0.39, 0.29) is 36.1 Å². The Bertz CT molecular complexity index is 1450. The summed E-state index contributed by atoms with van der Waals surface area (Å²) in [6, 6.07) is 10.6. The lowest BCUT2D eigenvalue weighted by Gasteiger charge is -2.29. The Kier molecular flexibility index (Phi) is 4.89. The van der Waals surface area contributed by atoms with E-state index in [9.17, 15) is 22.8 Å². The number of aryl methyl sites for hydroxylation is 1. The minimum absolute atomic E-state index is 0.109. The topological polar surface area (TPSA) is 126 Å². The van der Waals surface area contributed by atoms with Crippen LogP contribution in [-0.2, 0) is 26.2 Å². The van der Waals surface area contributed by atoms with Gasteiger partial charge in [-0.25, -0.2) is 8.42 Å². The Morgan fingerprint density at radius 2 is 1.94 bits per heavy atom. The number of carbonyl (C=O) groups is 3. The number of pyridine rings is 1. The van der Waals surface area contributed by atoms with Crippen LogP contribution in [0.5, 0.6) is 0 Å². The second-order valence-corrected chi connectivity index (χ2v) is 9.81. The summed E-state index contributed by atoms with van der Waals surface area (Å²) in [6.07, 6.45) is 2.05. The number of hydrogen-bond donors (Lipinski definition) is 2. The predicted molar refractivity (Wildman–Crippen MR) is 120 cm³/mol.